The molecular formula is C25H28FN3O2S. The highest BCUT2D eigenvalue weighted by atomic mass is 32.1. The van der Waals surface area contributed by atoms with Crippen molar-refractivity contribution in [3.05, 3.63) is 82.3 Å². The molecule has 0 saturated carbocycles. The maximum Gasteiger partial charge on any atom is 0.255 e. The normalized spacial score (nSPS) is 16.4. The number of rotatable bonds is 7. The highest BCUT2D eigenvalue weighted by Gasteiger charge is 2.31. The standard InChI is InChI=1S/C25H28FN3O2S/c1-18(27-25(30)19-8-3-6-11-22(19)31-2)24(23-12-7-17-32-23)29-15-13-28(14-16-29)21-10-5-4-9-20(21)26/h3-12,17-18,24H,13-16H2,1-2H3,(H,27,30)/t18-,24-/m0/s1. The second-order valence-corrected chi connectivity index (χ2v) is 8.88. The number of hydrogen-bond donors (Lipinski definition) is 1. The number of amides is 1. The summed E-state index contributed by atoms with van der Waals surface area (Å²) >= 11 is 1.69. The Bertz CT molecular complexity index is 1040. The molecular weight excluding hydrogens is 425 g/mol. The lowest BCUT2D eigenvalue weighted by molar-refractivity contribution is 0.0887. The van der Waals surface area contributed by atoms with Gasteiger partial charge in [0.25, 0.3) is 5.91 Å². The van der Waals surface area contributed by atoms with Gasteiger partial charge in [-0.05, 0) is 42.6 Å². The molecule has 1 aliphatic heterocycles. The Morgan fingerprint density at radius 3 is 2.44 bits per heavy atom. The number of para-hydroxylation sites is 2. The van der Waals surface area contributed by atoms with Gasteiger partial charge in [-0.3, -0.25) is 9.69 Å². The zero-order valence-electron chi connectivity index (χ0n) is 18.3. The summed E-state index contributed by atoms with van der Waals surface area (Å²) in [5.41, 5.74) is 1.17. The number of nitrogens with zero attached hydrogens (tertiary/aromatic N) is 2. The van der Waals surface area contributed by atoms with Crippen LogP contribution in [0.15, 0.2) is 66.0 Å². The van der Waals surface area contributed by atoms with Gasteiger partial charge in [0.05, 0.1) is 24.4 Å². The minimum absolute atomic E-state index is 0.0384. The van der Waals surface area contributed by atoms with Crippen molar-refractivity contribution in [1.29, 1.82) is 0 Å². The smallest absolute Gasteiger partial charge is 0.255 e. The molecule has 0 bridgehead atoms. The van der Waals surface area contributed by atoms with E-state index in [4.69, 9.17) is 4.74 Å². The van der Waals surface area contributed by atoms with Crippen LogP contribution in [-0.4, -0.2) is 50.1 Å². The molecule has 0 aliphatic carbocycles. The Morgan fingerprint density at radius 2 is 1.75 bits per heavy atom. The number of methoxy groups -OCH3 is 1. The first-order chi connectivity index (χ1) is 15.6. The molecule has 2 atom stereocenters. The molecule has 7 heteroatoms. The predicted octanol–water partition coefficient (Wildman–Crippen LogP) is 4.58. The van der Waals surface area contributed by atoms with E-state index >= 15 is 0 Å². The fraction of sp³-hybridized carbons (Fsp3) is 0.320. The Kier molecular flexibility index (Phi) is 7.07. The predicted molar refractivity (Wildman–Crippen MR) is 127 cm³/mol. The van der Waals surface area contributed by atoms with Gasteiger partial charge in [-0.2, -0.15) is 0 Å². The van der Waals surface area contributed by atoms with Crippen LogP contribution in [0.4, 0.5) is 10.1 Å². The van der Waals surface area contributed by atoms with E-state index in [1.54, 1.807) is 36.6 Å². The van der Waals surface area contributed by atoms with Crippen LogP contribution < -0.4 is 15.0 Å². The van der Waals surface area contributed by atoms with Crippen LogP contribution in [0.25, 0.3) is 0 Å². The molecule has 0 radical (unpaired) electrons. The van der Waals surface area contributed by atoms with Crippen LogP contribution in [0.1, 0.15) is 28.2 Å². The van der Waals surface area contributed by atoms with Crippen molar-refractivity contribution in [2.24, 2.45) is 0 Å². The van der Waals surface area contributed by atoms with Crippen LogP contribution in [0.3, 0.4) is 0 Å². The van der Waals surface area contributed by atoms with Crippen LogP contribution in [0.5, 0.6) is 5.75 Å². The quantitative estimate of drug-likeness (QED) is 0.569. The molecule has 2 heterocycles. The number of halogens is 1. The first kappa shape index (κ1) is 22.3. The van der Waals surface area contributed by atoms with Crippen LogP contribution >= 0.6 is 11.3 Å². The molecule has 1 aliphatic rings. The van der Waals surface area contributed by atoms with Crippen molar-refractivity contribution in [2.75, 3.05) is 38.2 Å². The lowest BCUT2D eigenvalue weighted by Crippen LogP contribution is -2.52. The van der Waals surface area contributed by atoms with Crippen LogP contribution in [0, 0.1) is 5.82 Å². The summed E-state index contributed by atoms with van der Waals surface area (Å²) in [6, 6.07) is 18.2. The summed E-state index contributed by atoms with van der Waals surface area (Å²) in [6.07, 6.45) is 0. The molecule has 1 N–H and O–H groups in total. The fourth-order valence-corrected chi connectivity index (χ4v) is 5.31. The van der Waals surface area contributed by atoms with Gasteiger partial charge in [0, 0.05) is 37.1 Å². The zero-order valence-corrected chi connectivity index (χ0v) is 19.1. The van der Waals surface area contributed by atoms with Gasteiger partial charge in [0.1, 0.15) is 11.6 Å². The van der Waals surface area contributed by atoms with E-state index in [1.165, 1.54) is 10.9 Å². The van der Waals surface area contributed by atoms with Gasteiger partial charge in [-0.25, -0.2) is 4.39 Å². The molecule has 4 rings (SSSR count). The van der Waals surface area contributed by atoms with E-state index in [9.17, 15) is 9.18 Å². The van der Waals surface area contributed by atoms with Gasteiger partial charge < -0.3 is 15.0 Å². The largest absolute Gasteiger partial charge is 0.496 e. The summed E-state index contributed by atoms with van der Waals surface area (Å²) in [5.74, 6) is 0.220. The molecule has 1 saturated heterocycles. The van der Waals surface area contributed by atoms with E-state index in [2.05, 4.69) is 26.6 Å². The van der Waals surface area contributed by atoms with E-state index < -0.39 is 0 Å². The summed E-state index contributed by atoms with van der Waals surface area (Å²) in [5, 5.41) is 5.24. The fourth-order valence-electron chi connectivity index (χ4n) is 4.35. The number of ether oxygens (including phenoxy) is 1. The van der Waals surface area contributed by atoms with Crippen molar-refractivity contribution in [2.45, 2.75) is 19.0 Å². The SMILES string of the molecule is COc1ccccc1C(=O)N[C@@H](C)[C@@H](c1cccs1)N1CCN(c2ccccc2F)CC1. The highest BCUT2D eigenvalue weighted by Crippen LogP contribution is 2.31. The molecule has 32 heavy (non-hydrogen) atoms. The lowest BCUT2D eigenvalue weighted by atomic mass is 10.0. The summed E-state index contributed by atoms with van der Waals surface area (Å²) in [7, 11) is 1.57. The Labute approximate surface area is 192 Å². The second-order valence-electron chi connectivity index (χ2n) is 7.90. The molecule has 1 fully saturated rings. The third-order valence-electron chi connectivity index (χ3n) is 5.92. The molecule has 0 unspecified atom stereocenters. The summed E-state index contributed by atoms with van der Waals surface area (Å²) < 4.78 is 19.6. The molecule has 1 amide bonds. The number of benzene rings is 2. The van der Waals surface area contributed by atoms with Crippen LogP contribution in [-0.2, 0) is 0 Å². The second kappa shape index (κ2) is 10.1. The zero-order chi connectivity index (χ0) is 22.5. The molecule has 3 aromatic rings. The van der Waals surface area contributed by atoms with E-state index in [-0.39, 0.29) is 23.8 Å². The van der Waals surface area contributed by atoms with Crippen molar-refractivity contribution >= 4 is 22.9 Å². The van der Waals surface area contributed by atoms with Gasteiger partial charge in [-0.1, -0.05) is 30.3 Å². The maximum atomic E-state index is 14.2. The number of piperazine rings is 1. The van der Waals surface area contributed by atoms with Crippen molar-refractivity contribution < 1.29 is 13.9 Å². The first-order valence-corrected chi connectivity index (χ1v) is 11.7. The number of carbonyl (C=O) groups is 1. The monoisotopic (exact) mass is 453 g/mol. The van der Waals surface area contributed by atoms with Gasteiger partial charge in [0.2, 0.25) is 0 Å². The molecule has 2 aromatic carbocycles. The Morgan fingerprint density at radius 1 is 1.03 bits per heavy atom. The third kappa shape index (κ3) is 4.79. The van der Waals surface area contributed by atoms with E-state index in [0.29, 0.717) is 17.0 Å². The molecule has 5 nitrogen and oxygen atoms in total. The Balaban J connectivity index is 1.49. The number of anilines is 1. The Hall–Kier alpha value is -2.90. The third-order valence-corrected chi connectivity index (χ3v) is 6.86. The van der Waals surface area contributed by atoms with Crippen molar-refractivity contribution in [3.8, 4) is 5.75 Å². The molecule has 1 aromatic heterocycles. The average molecular weight is 454 g/mol. The van der Waals surface area contributed by atoms with Gasteiger partial charge >= 0.3 is 0 Å². The number of carbonyl (C=O) groups excluding carboxylic acids is 1. The summed E-state index contributed by atoms with van der Waals surface area (Å²) in [6.45, 7) is 5.07. The highest BCUT2D eigenvalue weighted by molar-refractivity contribution is 7.10. The topological polar surface area (TPSA) is 44.8 Å². The van der Waals surface area contributed by atoms with Crippen LogP contribution in [0.2, 0.25) is 0 Å². The van der Waals surface area contributed by atoms with Gasteiger partial charge in [-0.15, -0.1) is 11.3 Å². The minimum Gasteiger partial charge on any atom is -0.496 e. The maximum absolute atomic E-state index is 14.2. The average Bonchev–Trinajstić information content (AvgIpc) is 3.34. The number of thiophene rings is 1. The number of hydrogen-bond acceptors (Lipinski definition) is 5. The van der Waals surface area contributed by atoms with Gasteiger partial charge in [0.15, 0.2) is 0 Å². The first-order valence-electron chi connectivity index (χ1n) is 10.8. The van der Waals surface area contributed by atoms with Crippen molar-refractivity contribution in [3.63, 3.8) is 0 Å². The van der Waals surface area contributed by atoms with E-state index in [1.807, 2.05) is 37.3 Å². The molecule has 0 spiro atoms. The van der Waals surface area contributed by atoms with E-state index in [0.717, 1.165) is 26.2 Å². The van der Waals surface area contributed by atoms with Crippen molar-refractivity contribution in [1.82, 2.24) is 10.2 Å². The minimum atomic E-state index is -0.187. The summed E-state index contributed by atoms with van der Waals surface area (Å²) in [4.78, 5) is 18.7. The molecule has 168 valence electrons. The number of nitrogens with one attached hydrogen (secondary N) is 1. The lowest BCUT2D eigenvalue weighted by Gasteiger charge is -2.42.